The highest BCUT2D eigenvalue weighted by atomic mass is 16.6. The van der Waals surface area contributed by atoms with Gasteiger partial charge in [0.15, 0.2) is 0 Å². The molecule has 0 atom stereocenters. The molecule has 2 N–H and O–H groups in total. The molecule has 11 heteroatoms. The van der Waals surface area contributed by atoms with Crippen molar-refractivity contribution in [3.8, 4) is 5.75 Å². The standard InChI is InChI=1S/C17H12N4O7/c1-9(15-16(22)11-4-2-3-5-14(11)28-17(15)23)18-19-12-7-6-10(20(24)25)8-13(12)21(26)27/h2-8,19,22H,1H3. The fourth-order valence-corrected chi connectivity index (χ4v) is 2.53. The molecule has 3 aromatic rings. The smallest absolute Gasteiger partial charge is 0.349 e. The zero-order chi connectivity index (χ0) is 20.4. The molecule has 0 aliphatic carbocycles. The second-order valence-corrected chi connectivity index (χ2v) is 5.63. The monoisotopic (exact) mass is 384 g/mol. The Hall–Kier alpha value is -4.28. The van der Waals surface area contributed by atoms with Gasteiger partial charge in [-0.25, -0.2) is 4.79 Å². The van der Waals surface area contributed by atoms with Gasteiger partial charge >= 0.3 is 11.3 Å². The number of nitrogens with one attached hydrogen (secondary N) is 1. The second-order valence-electron chi connectivity index (χ2n) is 5.63. The average Bonchev–Trinajstić information content (AvgIpc) is 2.66. The average molecular weight is 384 g/mol. The van der Waals surface area contributed by atoms with E-state index in [0.29, 0.717) is 5.39 Å². The molecule has 11 nitrogen and oxygen atoms in total. The summed E-state index contributed by atoms with van der Waals surface area (Å²) in [6.45, 7) is 1.39. The van der Waals surface area contributed by atoms with E-state index in [2.05, 4.69) is 10.5 Å². The van der Waals surface area contributed by atoms with Crippen molar-refractivity contribution in [2.75, 3.05) is 5.43 Å². The third kappa shape index (κ3) is 3.35. The van der Waals surface area contributed by atoms with Crippen molar-refractivity contribution in [2.45, 2.75) is 6.92 Å². The van der Waals surface area contributed by atoms with Crippen LogP contribution in [0.2, 0.25) is 0 Å². The molecular formula is C17H12N4O7. The maximum absolute atomic E-state index is 12.2. The van der Waals surface area contributed by atoms with Gasteiger partial charge in [-0.1, -0.05) is 12.1 Å². The van der Waals surface area contributed by atoms with Crippen molar-refractivity contribution >= 4 is 33.7 Å². The second kappa shape index (κ2) is 7.15. The summed E-state index contributed by atoms with van der Waals surface area (Å²) < 4.78 is 5.14. The number of anilines is 1. The first-order valence-corrected chi connectivity index (χ1v) is 7.78. The van der Waals surface area contributed by atoms with Crippen molar-refractivity contribution in [3.05, 3.63) is 78.7 Å². The lowest BCUT2D eigenvalue weighted by molar-refractivity contribution is -0.393. The topological polar surface area (TPSA) is 161 Å². The summed E-state index contributed by atoms with van der Waals surface area (Å²) in [5, 5.41) is 36.5. The van der Waals surface area contributed by atoms with Crippen molar-refractivity contribution in [3.63, 3.8) is 0 Å². The Bertz CT molecular complexity index is 1200. The van der Waals surface area contributed by atoms with Gasteiger partial charge in [0, 0.05) is 6.07 Å². The molecule has 0 aliphatic rings. The lowest BCUT2D eigenvalue weighted by Crippen LogP contribution is -2.14. The zero-order valence-corrected chi connectivity index (χ0v) is 14.3. The van der Waals surface area contributed by atoms with Crippen LogP contribution in [0.5, 0.6) is 5.75 Å². The SMILES string of the molecule is CC(=NNc1ccc([N+](=O)[O-])cc1[N+](=O)[O-])c1c(O)c2ccccc2oc1=O. The van der Waals surface area contributed by atoms with E-state index in [-0.39, 0.29) is 28.3 Å². The molecule has 0 amide bonds. The van der Waals surface area contributed by atoms with E-state index in [9.17, 15) is 30.1 Å². The van der Waals surface area contributed by atoms with E-state index in [4.69, 9.17) is 4.42 Å². The number of non-ortho nitro benzene ring substituents is 1. The number of fused-ring (bicyclic) bond motifs is 1. The summed E-state index contributed by atoms with van der Waals surface area (Å²) in [4.78, 5) is 32.6. The Morgan fingerprint density at radius 2 is 1.86 bits per heavy atom. The summed E-state index contributed by atoms with van der Waals surface area (Å²) in [5.74, 6) is -0.340. The van der Waals surface area contributed by atoms with Gasteiger partial charge in [-0.15, -0.1) is 0 Å². The van der Waals surface area contributed by atoms with Crippen molar-refractivity contribution in [2.24, 2.45) is 5.10 Å². The predicted octanol–water partition coefficient (Wildman–Crippen LogP) is 3.15. The maximum Gasteiger partial charge on any atom is 0.349 e. The van der Waals surface area contributed by atoms with E-state index in [0.717, 1.165) is 18.2 Å². The number of rotatable bonds is 5. The third-order valence-corrected chi connectivity index (χ3v) is 3.88. The van der Waals surface area contributed by atoms with Crippen LogP contribution < -0.4 is 11.1 Å². The van der Waals surface area contributed by atoms with Crippen LogP contribution in [0.25, 0.3) is 11.0 Å². The van der Waals surface area contributed by atoms with Gasteiger partial charge < -0.3 is 9.52 Å². The molecule has 0 fully saturated rings. The van der Waals surface area contributed by atoms with Gasteiger partial charge in [0.25, 0.3) is 5.69 Å². The fourth-order valence-electron chi connectivity index (χ4n) is 2.53. The Morgan fingerprint density at radius 3 is 2.54 bits per heavy atom. The first-order valence-electron chi connectivity index (χ1n) is 7.78. The molecular weight excluding hydrogens is 372 g/mol. The molecule has 1 heterocycles. The van der Waals surface area contributed by atoms with E-state index in [1.54, 1.807) is 18.2 Å². The summed E-state index contributed by atoms with van der Waals surface area (Å²) in [6, 6.07) is 9.34. The minimum Gasteiger partial charge on any atom is -0.506 e. The van der Waals surface area contributed by atoms with Gasteiger partial charge in [0.1, 0.15) is 22.6 Å². The molecule has 1 aromatic heterocycles. The van der Waals surface area contributed by atoms with Gasteiger partial charge in [-0.3, -0.25) is 25.7 Å². The number of para-hydroxylation sites is 1. The van der Waals surface area contributed by atoms with Crippen LogP contribution in [-0.2, 0) is 0 Å². The van der Waals surface area contributed by atoms with Gasteiger partial charge in [0.05, 0.1) is 27.0 Å². The normalized spacial score (nSPS) is 11.4. The van der Waals surface area contributed by atoms with E-state index in [1.165, 1.54) is 13.0 Å². The van der Waals surface area contributed by atoms with Crippen LogP contribution in [0.3, 0.4) is 0 Å². The molecule has 142 valence electrons. The van der Waals surface area contributed by atoms with Crippen LogP contribution in [-0.4, -0.2) is 20.7 Å². The Balaban J connectivity index is 2.02. The number of nitro groups is 2. The predicted molar refractivity (Wildman–Crippen MR) is 99.7 cm³/mol. The molecule has 0 aliphatic heterocycles. The number of aromatic hydroxyl groups is 1. The first kappa shape index (κ1) is 18.5. The molecule has 2 aromatic carbocycles. The fraction of sp³-hybridized carbons (Fsp3) is 0.0588. The first-order chi connectivity index (χ1) is 13.3. The maximum atomic E-state index is 12.2. The van der Waals surface area contributed by atoms with Crippen LogP contribution in [0.15, 0.2) is 56.8 Å². The Labute approximate surface area is 155 Å². The number of nitrogens with zero attached hydrogens (tertiary/aromatic N) is 3. The molecule has 0 bridgehead atoms. The Morgan fingerprint density at radius 1 is 1.14 bits per heavy atom. The van der Waals surface area contributed by atoms with Crippen LogP contribution in [0, 0.1) is 20.2 Å². The minimum atomic E-state index is -0.836. The number of benzene rings is 2. The van der Waals surface area contributed by atoms with E-state index < -0.39 is 26.8 Å². The number of hydrogen-bond donors (Lipinski definition) is 2. The molecule has 0 saturated carbocycles. The zero-order valence-electron chi connectivity index (χ0n) is 14.3. The number of hydrazone groups is 1. The quantitative estimate of drug-likeness (QED) is 0.293. The van der Waals surface area contributed by atoms with Crippen molar-refractivity contribution < 1.29 is 19.4 Å². The summed E-state index contributed by atoms with van der Waals surface area (Å²) >= 11 is 0. The Kier molecular flexibility index (Phi) is 4.73. The molecule has 0 radical (unpaired) electrons. The van der Waals surface area contributed by atoms with Crippen molar-refractivity contribution in [1.82, 2.24) is 0 Å². The molecule has 28 heavy (non-hydrogen) atoms. The number of hydrogen-bond acceptors (Lipinski definition) is 9. The lowest BCUT2D eigenvalue weighted by Gasteiger charge is -2.07. The van der Waals surface area contributed by atoms with Gasteiger partial charge in [-0.05, 0) is 25.1 Å². The summed E-state index contributed by atoms with van der Waals surface area (Å²) in [6.07, 6.45) is 0. The highest BCUT2D eigenvalue weighted by molar-refractivity contribution is 6.04. The van der Waals surface area contributed by atoms with E-state index >= 15 is 0 Å². The lowest BCUT2D eigenvalue weighted by atomic mass is 10.1. The highest BCUT2D eigenvalue weighted by Gasteiger charge is 2.20. The molecule has 0 saturated heterocycles. The van der Waals surface area contributed by atoms with Gasteiger partial charge in [0.2, 0.25) is 0 Å². The third-order valence-electron chi connectivity index (χ3n) is 3.88. The van der Waals surface area contributed by atoms with E-state index in [1.807, 2.05) is 0 Å². The summed E-state index contributed by atoms with van der Waals surface area (Å²) in [5.41, 5.74) is 0.397. The minimum absolute atomic E-state index is 0.00431. The molecule has 3 rings (SSSR count). The van der Waals surface area contributed by atoms with Crippen LogP contribution in [0.4, 0.5) is 17.1 Å². The largest absolute Gasteiger partial charge is 0.506 e. The van der Waals surface area contributed by atoms with Crippen LogP contribution in [0.1, 0.15) is 12.5 Å². The summed E-state index contributed by atoms with van der Waals surface area (Å²) in [7, 11) is 0. The molecule has 0 unspecified atom stereocenters. The molecule has 0 spiro atoms. The number of nitro benzene ring substituents is 2. The highest BCUT2D eigenvalue weighted by Crippen LogP contribution is 2.30. The van der Waals surface area contributed by atoms with Crippen molar-refractivity contribution in [1.29, 1.82) is 0 Å². The van der Waals surface area contributed by atoms with Gasteiger partial charge in [-0.2, -0.15) is 5.10 Å². The van der Waals surface area contributed by atoms with Crippen LogP contribution >= 0.6 is 0 Å².